The third kappa shape index (κ3) is 14.6. The van der Waals surface area contributed by atoms with E-state index < -0.39 is 14.0 Å². The van der Waals surface area contributed by atoms with Crippen LogP contribution in [-0.4, -0.2) is 37.4 Å². The summed E-state index contributed by atoms with van der Waals surface area (Å²) < 4.78 is 81.0. The van der Waals surface area contributed by atoms with Crippen molar-refractivity contribution in [1.29, 1.82) is 0 Å². The minimum atomic E-state index is -2.57. The van der Waals surface area contributed by atoms with Crippen molar-refractivity contribution in [2.75, 3.05) is 0 Å². The van der Waals surface area contributed by atoms with Crippen molar-refractivity contribution in [2.24, 2.45) is 14.0 Å². The van der Waals surface area contributed by atoms with Crippen LogP contribution in [0.25, 0.3) is 166 Å². The molecule has 0 aliphatic carbocycles. The minimum Gasteiger partial charge on any atom is -0.510 e. The van der Waals surface area contributed by atoms with Crippen LogP contribution in [0.1, 0.15) is 102 Å². The molecule has 0 saturated heterocycles. The van der Waals surface area contributed by atoms with Crippen LogP contribution in [0.15, 0.2) is 322 Å². The van der Waals surface area contributed by atoms with E-state index in [1.54, 1.807) is 9.13 Å². The van der Waals surface area contributed by atoms with Crippen molar-refractivity contribution < 1.29 is 69.0 Å². The van der Waals surface area contributed by atoms with Gasteiger partial charge in [-0.15, -0.1) is 59.3 Å². The van der Waals surface area contributed by atoms with Crippen molar-refractivity contribution in [3.63, 3.8) is 0 Å². The van der Waals surface area contributed by atoms with Gasteiger partial charge < -0.3 is 46.0 Å². The molecule has 14 heteroatoms. The summed E-state index contributed by atoms with van der Waals surface area (Å²) in [7, 11) is 0. The maximum Gasteiger partial charge on any atom is 0.242 e. The van der Waals surface area contributed by atoms with E-state index in [2.05, 4.69) is 281 Å². The fourth-order valence-electron chi connectivity index (χ4n) is 17.8. The van der Waals surface area contributed by atoms with Gasteiger partial charge in [-0.1, -0.05) is 275 Å². The first kappa shape index (κ1) is 77.3. The predicted octanol–water partition coefficient (Wildman–Crippen LogP) is 27.0. The van der Waals surface area contributed by atoms with E-state index in [4.69, 9.17) is 27.7 Å². The number of hydrogen-bond acceptors (Lipinski definition) is 4. The fourth-order valence-corrected chi connectivity index (χ4v) is 17.8. The zero-order valence-electron chi connectivity index (χ0n) is 75.5. The fraction of sp³-hybridized carbons (Fsp3) is 0.143. The summed E-state index contributed by atoms with van der Waals surface area (Å²) in [6, 6.07) is 118. The molecule has 0 fully saturated rings. The molecule has 0 atom stereocenters. The van der Waals surface area contributed by atoms with Crippen molar-refractivity contribution in [3.05, 3.63) is 375 Å². The van der Waals surface area contributed by atoms with Gasteiger partial charge in [0.25, 0.3) is 0 Å². The van der Waals surface area contributed by atoms with E-state index >= 15 is 0 Å². The molecule has 0 aliphatic rings. The topological polar surface area (TPSA) is 81.6 Å². The normalized spacial score (nSPS) is 12.7. The second-order valence-corrected chi connectivity index (χ2v) is 34.3. The Labute approximate surface area is 772 Å². The Morgan fingerprint density at radius 1 is 0.317 bits per heavy atom. The number of aromatic nitrogens is 10. The molecule has 0 radical (unpaired) electrons. The molecule has 0 spiro atoms. The summed E-state index contributed by atoms with van der Waals surface area (Å²) in [6.07, 6.45) is 10.2. The van der Waals surface area contributed by atoms with Crippen molar-refractivity contribution in [1.82, 2.24) is 37.4 Å². The maximum absolute atomic E-state index is 8.91. The number of rotatable bonds is 12. The van der Waals surface area contributed by atoms with E-state index in [1.165, 1.54) is 20.3 Å². The molecule has 8 aromatic heterocycles. The van der Waals surface area contributed by atoms with E-state index in [9.17, 15) is 0 Å². The van der Waals surface area contributed by atoms with Crippen LogP contribution >= 0.6 is 0 Å². The van der Waals surface area contributed by atoms with E-state index in [0.29, 0.717) is 56.4 Å². The van der Waals surface area contributed by atoms with E-state index in [1.807, 2.05) is 158 Å². The largest absolute Gasteiger partial charge is 0.510 e. The predicted molar refractivity (Wildman–Crippen MR) is 508 cm³/mol. The molecular weight excluding hydrogens is 1910 g/mol. The zero-order chi connectivity index (χ0) is 88.0. The summed E-state index contributed by atoms with van der Waals surface area (Å²) in [5.74, 6) is 3.50. The number of para-hydroxylation sites is 9. The quantitative estimate of drug-likeness (QED) is 0.0901. The number of benzene rings is 14. The van der Waals surface area contributed by atoms with Crippen LogP contribution in [0.3, 0.4) is 0 Å². The molecule has 0 saturated carbocycles. The molecule has 0 amide bonds. The molecule has 0 aliphatic heterocycles. The average molecular weight is 2010 g/mol. The Balaban J connectivity index is 0.000000179. The van der Waals surface area contributed by atoms with Crippen LogP contribution in [-0.2, 0) is 72.3 Å². The number of aryl methyl sites for hydroxylation is 2. The van der Waals surface area contributed by atoms with Gasteiger partial charge in [0.15, 0.2) is 0 Å². The van der Waals surface area contributed by atoms with Gasteiger partial charge in [0.1, 0.15) is 11.6 Å². The van der Waals surface area contributed by atoms with Crippen molar-refractivity contribution in [2.45, 2.75) is 93.4 Å². The summed E-state index contributed by atoms with van der Waals surface area (Å²) in [6.45, 7) is 14.7. The molecule has 12 nitrogen and oxygen atoms in total. The molecule has 0 unspecified atom stereocenters. The molecule has 126 heavy (non-hydrogen) atoms. The van der Waals surface area contributed by atoms with Crippen LogP contribution in [0, 0.1) is 36.9 Å². The monoisotopic (exact) mass is 2010 g/mol. The summed E-state index contributed by atoms with van der Waals surface area (Å²) >= 11 is 0. The summed E-state index contributed by atoms with van der Waals surface area (Å²) in [5, 5.41) is 8.65. The first-order valence-electron chi connectivity index (χ1n) is 44.1. The van der Waals surface area contributed by atoms with Gasteiger partial charge in [0.2, 0.25) is 12.7 Å². The van der Waals surface area contributed by atoms with Gasteiger partial charge in [-0.05, 0) is 128 Å². The maximum atomic E-state index is 8.91. The van der Waals surface area contributed by atoms with Crippen LogP contribution < -0.4 is 18.6 Å². The molecular formula is C112H94N10O2Pt2-4. The molecule has 22 aromatic rings. The molecule has 8 heterocycles. The summed E-state index contributed by atoms with van der Waals surface area (Å²) in [5.41, 5.74) is 19.9. The molecule has 14 aromatic carbocycles. The third-order valence-corrected chi connectivity index (χ3v) is 23.5. The zero-order valence-corrected chi connectivity index (χ0v) is 74.1. The Morgan fingerprint density at radius 3 is 1.14 bits per heavy atom. The van der Waals surface area contributed by atoms with Gasteiger partial charge in [0.05, 0.1) is 66.3 Å². The standard InChI is InChI=1S/C57H47N5O.C53H39N5O.2CH4.2Pt/c1-56(2,3)37-31-32-58-52(33-37)62-49-25-14-11-21-42(49)44-28-27-41(35-51(44)62)63-40-20-15-19-39(34-40)60-36-59(7)54-46(23-16-26-50(54)60)53-47(57(4,5)6)30-29-45-43-22-12-13-24-48(43)61(55(45)53)38-17-9-8-10-18-38;1-53(2,3)35-29-30-54-50(31-35)58-47-25-11-8-19-40(47)42-28-27-39(33-49(42)58)59-38-18-12-17-37(32-38)56-34-55(4)52-45(23-14-26-48(52)56)44-22-13-21-43-41-20-9-10-24-46(41)57(51(43)44)36-15-6-5-7-16-36;;;;/h8-33H,1-7H3;5-31H,1-4H3;2*1H4;;/q2*-2;;;;/i7D3;4D3;;;;. The van der Waals surface area contributed by atoms with Gasteiger partial charge in [-0.2, -0.15) is 36.4 Å². The number of fused-ring (bicyclic) bond motifs is 14. The third-order valence-electron chi connectivity index (χ3n) is 23.5. The van der Waals surface area contributed by atoms with Gasteiger partial charge >= 0.3 is 0 Å². The number of pyridine rings is 2. The molecule has 0 N–H and O–H groups in total. The van der Waals surface area contributed by atoms with Gasteiger partial charge in [0, 0.05) is 133 Å². The number of nitrogens with zero attached hydrogens (tertiary/aromatic N) is 10. The van der Waals surface area contributed by atoms with Crippen molar-refractivity contribution >= 4 is 109 Å². The van der Waals surface area contributed by atoms with E-state index in [-0.39, 0.29) is 73.2 Å². The molecule has 0 bridgehead atoms. The average Bonchev–Trinajstić information content (AvgIpc) is 1.55. The molecule has 628 valence electrons. The summed E-state index contributed by atoms with van der Waals surface area (Å²) in [4.78, 5) is 9.64. The SMILES string of the molecule is C.C.[2H]C([2H])([2H])[n+]1[c-]n(-c2[c-]c(Oc3[c-]c4c(cc3)c3ccccc3n4-c3cc(C(C)(C)C)ccn3)ccc2)c2cccc(-c3c(C(C)(C)C)ccc4c5ccccc5n(-c5ccccc5)c34)c21.[2H]C([2H])([2H])[n+]1[c-]n(-c2[c-]c(Oc3[c-]c4c(cc3)c3ccccc3n4-c3cc(C(C)(C)C)ccn3)ccc2)c2cccc(-c3cccc4c5ccccc5n(-c5ccccc5)c34)c21.[Pt].[Pt]. The van der Waals surface area contributed by atoms with Gasteiger partial charge in [-0.3, -0.25) is 0 Å². The minimum absolute atomic E-state index is 0. The number of imidazole rings is 2. The Bertz CT molecular complexity index is 8200. The Hall–Kier alpha value is -13.5. The Kier molecular flexibility index (Phi) is 20.4. The van der Waals surface area contributed by atoms with Gasteiger partial charge in [-0.25, -0.2) is 9.97 Å². The molecule has 22 rings (SSSR count). The number of ether oxygens (including phenoxy) is 2. The van der Waals surface area contributed by atoms with Crippen molar-refractivity contribution in [3.8, 4) is 79.6 Å². The van der Waals surface area contributed by atoms with Crippen LogP contribution in [0.5, 0.6) is 23.0 Å². The second-order valence-electron chi connectivity index (χ2n) is 34.3. The van der Waals surface area contributed by atoms with Crippen LogP contribution in [0.4, 0.5) is 0 Å². The van der Waals surface area contributed by atoms with E-state index in [0.717, 1.165) is 138 Å². The smallest absolute Gasteiger partial charge is 0.242 e. The first-order valence-corrected chi connectivity index (χ1v) is 41.1. The second kappa shape index (κ2) is 33.2. The Morgan fingerprint density at radius 2 is 0.683 bits per heavy atom. The van der Waals surface area contributed by atoms with Crippen LogP contribution in [0.2, 0.25) is 0 Å². The number of hydrogen-bond donors (Lipinski definition) is 0. The first-order chi connectivity index (χ1) is 61.7.